The Morgan fingerprint density at radius 3 is 2.92 bits per heavy atom. The second kappa shape index (κ2) is 8.09. The fourth-order valence-electron chi connectivity index (χ4n) is 2.84. The summed E-state index contributed by atoms with van der Waals surface area (Å²) >= 11 is 0. The van der Waals surface area contributed by atoms with E-state index in [2.05, 4.69) is 4.90 Å². The van der Waals surface area contributed by atoms with Gasteiger partial charge in [-0.2, -0.15) is 0 Å². The standard InChI is InChI=1S/C19H20FNO4/c20-17-7-2-1-6-16(17)18-13-21(9-11-25-18)8-10-24-15-5-3-4-14(12-15)19(22)23/h1-7,12,18H,8-11,13H2,(H,22,23). The first-order valence-corrected chi connectivity index (χ1v) is 8.18. The zero-order valence-electron chi connectivity index (χ0n) is 13.7. The maximum atomic E-state index is 13.9. The summed E-state index contributed by atoms with van der Waals surface area (Å²) in [7, 11) is 0. The lowest BCUT2D eigenvalue weighted by Gasteiger charge is -2.33. The van der Waals surface area contributed by atoms with Crippen molar-refractivity contribution in [1.82, 2.24) is 4.90 Å². The van der Waals surface area contributed by atoms with E-state index >= 15 is 0 Å². The van der Waals surface area contributed by atoms with E-state index in [1.807, 2.05) is 0 Å². The highest BCUT2D eigenvalue weighted by atomic mass is 19.1. The fourth-order valence-corrected chi connectivity index (χ4v) is 2.84. The van der Waals surface area contributed by atoms with Gasteiger partial charge in [-0.25, -0.2) is 9.18 Å². The van der Waals surface area contributed by atoms with Crippen LogP contribution in [0.15, 0.2) is 48.5 Å². The summed E-state index contributed by atoms with van der Waals surface area (Å²) in [6, 6.07) is 13.1. The van der Waals surface area contributed by atoms with Crippen molar-refractivity contribution in [2.75, 3.05) is 32.8 Å². The molecule has 5 nitrogen and oxygen atoms in total. The zero-order chi connectivity index (χ0) is 17.6. The van der Waals surface area contributed by atoms with Gasteiger partial charge in [-0.1, -0.05) is 24.3 Å². The molecule has 1 saturated heterocycles. The monoisotopic (exact) mass is 345 g/mol. The van der Waals surface area contributed by atoms with Gasteiger partial charge < -0.3 is 14.6 Å². The molecule has 0 aromatic heterocycles. The minimum Gasteiger partial charge on any atom is -0.492 e. The molecule has 0 radical (unpaired) electrons. The Kier molecular flexibility index (Phi) is 5.63. The van der Waals surface area contributed by atoms with Crippen LogP contribution in [-0.2, 0) is 4.74 Å². The summed E-state index contributed by atoms with van der Waals surface area (Å²) in [6.07, 6.45) is -0.287. The summed E-state index contributed by atoms with van der Waals surface area (Å²) < 4.78 is 25.2. The molecule has 0 bridgehead atoms. The maximum Gasteiger partial charge on any atom is 0.335 e. The predicted octanol–water partition coefficient (Wildman–Crippen LogP) is 2.98. The molecule has 0 amide bonds. The number of rotatable bonds is 6. The van der Waals surface area contributed by atoms with Gasteiger partial charge in [0.1, 0.15) is 18.2 Å². The summed E-state index contributed by atoms with van der Waals surface area (Å²) in [5.41, 5.74) is 0.769. The maximum absolute atomic E-state index is 13.9. The third-order valence-electron chi connectivity index (χ3n) is 4.16. The van der Waals surface area contributed by atoms with Crippen LogP contribution in [0.3, 0.4) is 0 Å². The van der Waals surface area contributed by atoms with Crippen molar-refractivity contribution >= 4 is 5.97 Å². The van der Waals surface area contributed by atoms with Crippen molar-refractivity contribution in [2.45, 2.75) is 6.10 Å². The van der Waals surface area contributed by atoms with Crippen molar-refractivity contribution in [3.63, 3.8) is 0 Å². The van der Waals surface area contributed by atoms with Crippen LogP contribution in [0.2, 0.25) is 0 Å². The van der Waals surface area contributed by atoms with Gasteiger partial charge in [0.2, 0.25) is 0 Å². The Bertz CT molecular complexity index is 737. The molecule has 2 aromatic rings. The molecule has 0 aliphatic carbocycles. The van der Waals surface area contributed by atoms with Gasteiger partial charge in [-0.3, -0.25) is 4.90 Å². The number of carboxylic acids is 1. The Morgan fingerprint density at radius 1 is 1.28 bits per heavy atom. The number of hydrogen-bond acceptors (Lipinski definition) is 4. The number of halogens is 1. The van der Waals surface area contributed by atoms with Crippen LogP contribution < -0.4 is 4.74 Å². The number of hydrogen-bond donors (Lipinski definition) is 1. The number of carbonyl (C=O) groups is 1. The quantitative estimate of drug-likeness (QED) is 0.872. The SMILES string of the molecule is O=C(O)c1cccc(OCCN2CCOC(c3ccccc3F)C2)c1. The first-order valence-electron chi connectivity index (χ1n) is 8.18. The number of benzene rings is 2. The molecular formula is C19H20FNO4. The smallest absolute Gasteiger partial charge is 0.335 e. The molecule has 1 aliphatic heterocycles. The highest BCUT2D eigenvalue weighted by Gasteiger charge is 2.23. The van der Waals surface area contributed by atoms with Crippen LogP contribution in [0.5, 0.6) is 5.75 Å². The van der Waals surface area contributed by atoms with Crippen molar-refractivity contribution in [1.29, 1.82) is 0 Å². The number of nitrogens with zero attached hydrogens (tertiary/aromatic N) is 1. The summed E-state index contributed by atoms with van der Waals surface area (Å²) in [5, 5.41) is 8.99. The van der Waals surface area contributed by atoms with E-state index in [-0.39, 0.29) is 17.5 Å². The van der Waals surface area contributed by atoms with Crippen LogP contribution in [0.25, 0.3) is 0 Å². The minimum atomic E-state index is -0.980. The molecule has 0 saturated carbocycles. The van der Waals surface area contributed by atoms with Crippen LogP contribution in [0.1, 0.15) is 22.0 Å². The molecule has 0 spiro atoms. The number of carboxylic acid groups (broad SMARTS) is 1. The van der Waals surface area contributed by atoms with E-state index in [9.17, 15) is 9.18 Å². The van der Waals surface area contributed by atoms with Gasteiger partial charge in [0.05, 0.1) is 18.3 Å². The molecule has 1 fully saturated rings. The van der Waals surface area contributed by atoms with Gasteiger partial charge in [0.25, 0.3) is 0 Å². The Hall–Kier alpha value is -2.44. The molecular weight excluding hydrogens is 325 g/mol. The third-order valence-corrected chi connectivity index (χ3v) is 4.16. The Balaban J connectivity index is 1.53. The Labute approximate surface area is 145 Å². The van der Waals surface area contributed by atoms with E-state index in [0.29, 0.717) is 37.6 Å². The largest absolute Gasteiger partial charge is 0.492 e. The average molecular weight is 345 g/mol. The molecule has 1 unspecified atom stereocenters. The lowest BCUT2D eigenvalue weighted by atomic mass is 10.1. The first kappa shape index (κ1) is 17.4. The molecule has 3 rings (SSSR count). The lowest BCUT2D eigenvalue weighted by molar-refractivity contribution is -0.0344. The molecule has 2 aromatic carbocycles. The molecule has 25 heavy (non-hydrogen) atoms. The lowest BCUT2D eigenvalue weighted by Crippen LogP contribution is -2.40. The number of morpholine rings is 1. The molecule has 1 atom stereocenters. The van der Waals surface area contributed by atoms with Crippen LogP contribution in [0.4, 0.5) is 4.39 Å². The van der Waals surface area contributed by atoms with E-state index in [4.69, 9.17) is 14.6 Å². The first-order chi connectivity index (χ1) is 12.1. The van der Waals surface area contributed by atoms with E-state index in [0.717, 1.165) is 6.54 Å². The number of aromatic carboxylic acids is 1. The predicted molar refractivity (Wildman–Crippen MR) is 90.4 cm³/mol. The molecule has 132 valence electrons. The highest BCUT2D eigenvalue weighted by molar-refractivity contribution is 5.87. The minimum absolute atomic E-state index is 0.198. The fraction of sp³-hybridized carbons (Fsp3) is 0.316. The zero-order valence-corrected chi connectivity index (χ0v) is 13.7. The van der Waals surface area contributed by atoms with Gasteiger partial charge in [-0.15, -0.1) is 0 Å². The van der Waals surface area contributed by atoms with Crippen molar-refractivity contribution in [3.05, 3.63) is 65.5 Å². The van der Waals surface area contributed by atoms with Crippen molar-refractivity contribution in [2.24, 2.45) is 0 Å². The second-order valence-electron chi connectivity index (χ2n) is 5.86. The van der Waals surface area contributed by atoms with Gasteiger partial charge in [-0.05, 0) is 24.3 Å². The van der Waals surface area contributed by atoms with Gasteiger partial charge >= 0.3 is 5.97 Å². The normalized spacial score (nSPS) is 18.0. The molecule has 1 heterocycles. The van der Waals surface area contributed by atoms with Crippen LogP contribution >= 0.6 is 0 Å². The van der Waals surface area contributed by atoms with E-state index < -0.39 is 5.97 Å². The van der Waals surface area contributed by atoms with Crippen molar-refractivity contribution < 1.29 is 23.8 Å². The molecule has 6 heteroatoms. The van der Waals surface area contributed by atoms with E-state index in [1.165, 1.54) is 18.2 Å². The molecule has 1 N–H and O–H groups in total. The summed E-state index contributed by atoms with van der Waals surface area (Å²) in [6.45, 7) is 2.97. The van der Waals surface area contributed by atoms with Crippen LogP contribution in [-0.4, -0.2) is 48.8 Å². The highest BCUT2D eigenvalue weighted by Crippen LogP contribution is 2.24. The van der Waals surface area contributed by atoms with Crippen LogP contribution in [0, 0.1) is 5.82 Å². The summed E-state index contributed by atoms with van der Waals surface area (Å²) in [5.74, 6) is -0.707. The molecule has 1 aliphatic rings. The van der Waals surface area contributed by atoms with Crippen molar-refractivity contribution in [3.8, 4) is 5.75 Å². The summed E-state index contributed by atoms with van der Waals surface area (Å²) in [4.78, 5) is 13.1. The van der Waals surface area contributed by atoms with Gasteiger partial charge in [0.15, 0.2) is 0 Å². The van der Waals surface area contributed by atoms with Gasteiger partial charge in [0, 0.05) is 25.2 Å². The topological polar surface area (TPSA) is 59.0 Å². The average Bonchev–Trinajstić information content (AvgIpc) is 2.63. The Morgan fingerprint density at radius 2 is 2.12 bits per heavy atom. The number of ether oxygens (including phenoxy) is 2. The second-order valence-corrected chi connectivity index (χ2v) is 5.86. The third kappa shape index (κ3) is 4.55. The van der Waals surface area contributed by atoms with E-state index in [1.54, 1.807) is 30.3 Å².